The van der Waals surface area contributed by atoms with E-state index in [9.17, 15) is 8.78 Å². The number of nitrogens with zero attached hydrogens (tertiary/aromatic N) is 1. The second kappa shape index (κ2) is 10.2. The molecule has 0 amide bonds. The summed E-state index contributed by atoms with van der Waals surface area (Å²) in [6.07, 6.45) is 0. The highest BCUT2D eigenvalue weighted by molar-refractivity contribution is 8.76. The Morgan fingerprint density at radius 1 is 0.935 bits per heavy atom. The van der Waals surface area contributed by atoms with E-state index in [1.54, 1.807) is 28.7 Å². The van der Waals surface area contributed by atoms with Gasteiger partial charge in [0, 0.05) is 11.5 Å². The number of aliphatic imine (C=N–C) groups is 1. The molecule has 0 bridgehead atoms. The fraction of sp³-hybridized carbons (Fsp3) is 0.208. The second-order valence-electron chi connectivity index (χ2n) is 6.98. The average molecular weight is 458 g/mol. The molecule has 3 aromatic carbocycles. The summed E-state index contributed by atoms with van der Waals surface area (Å²) < 4.78 is 38.7. The third-order valence-corrected chi connectivity index (χ3v) is 7.14. The van der Waals surface area contributed by atoms with Crippen molar-refractivity contribution < 1.29 is 18.3 Å². The lowest BCUT2D eigenvalue weighted by Gasteiger charge is -2.07. The quantitative estimate of drug-likeness (QED) is 0.283. The Morgan fingerprint density at radius 2 is 1.61 bits per heavy atom. The van der Waals surface area contributed by atoms with Crippen LogP contribution in [0.3, 0.4) is 0 Å². The van der Waals surface area contributed by atoms with Gasteiger partial charge in [-0.15, -0.1) is 0 Å². The van der Waals surface area contributed by atoms with Gasteiger partial charge in [-0.1, -0.05) is 64.1 Å². The van der Waals surface area contributed by atoms with Crippen LogP contribution in [0.5, 0.6) is 5.75 Å². The summed E-state index contributed by atoms with van der Waals surface area (Å²) in [7, 11) is 5.27. The molecule has 0 saturated heterocycles. The molecular formula is C24H21F2NO2S2. The smallest absolute Gasteiger partial charge is 0.222 e. The monoisotopic (exact) mass is 457 g/mol. The topological polar surface area (TPSA) is 30.8 Å². The summed E-state index contributed by atoms with van der Waals surface area (Å²) in [6.45, 7) is 0.271. The van der Waals surface area contributed by atoms with Gasteiger partial charge in [-0.25, -0.2) is 13.8 Å². The van der Waals surface area contributed by atoms with Crippen LogP contribution in [0.25, 0.3) is 0 Å². The summed E-state index contributed by atoms with van der Waals surface area (Å²) in [5.74, 6) is 1.35. The number of hydrogen-bond acceptors (Lipinski definition) is 5. The minimum atomic E-state index is -0.668. The van der Waals surface area contributed by atoms with Crippen LogP contribution < -0.4 is 4.74 Å². The van der Waals surface area contributed by atoms with Crippen molar-refractivity contribution in [3.63, 3.8) is 0 Å². The molecule has 0 radical (unpaired) electrons. The molecule has 0 fully saturated rings. The van der Waals surface area contributed by atoms with Crippen LogP contribution in [0, 0.1) is 11.6 Å². The van der Waals surface area contributed by atoms with Gasteiger partial charge < -0.3 is 9.47 Å². The number of halogens is 2. The molecule has 0 aromatic heterocycles. The Balaban J connectivity index is 1.32. The van der Waals surface area contributed by atoms with E-state index in [-0.39, 0.29) is 24.1 Å². The van der Waals surface area contributed by atoms with Crippen molar-refractivity contribution in [2.45, 2.75) is 17.5 Å². The van der Waals surface area contributed by atoms with Crippen LogP contribution in [0.1, 0.15) is 28.3 Å². The van der Waals surface area contributed by atoms with Gasteiger partial charge in [0.05, 0.1) is 7.11 Å². The van der Waals surface area contributed by atoms with E-state index in [1.807, 2.05) is 30.3 Å². The number of rotatable bonds is 8. The van der Waals surface area contributed by atoms with Crippen molar-refractivity contribution in [2.75, 3.05) is 13.7 Å². The summed E-state index contributed by atoms with van der Waals surface area (Å²) in [5.41, 5.74) is 3.19. The molecule has 4 rings (SSSR count). The molecule has 3 aromatic rings. The molecule has 1 unspecified atom stereocenters. The lowest BCUT2D eigenvalue weighted by Crippen LogP contribution is -2.07. The average Bonchev–Trinajstić information content (AvgIpc) is 3.27. The molecule has 160 valence electrons. The zero-order valence-electron chi connectivity index (χ0n) is 16.9. The predicted molar refractivity (Wildman–Crippen MR) is 124 cm³/mol. The summed E-state index contributed by atoms with van der Waals surface area (Å²) in [4.78, 5) is 4.40. The van der Waals surface area contributed by atoms with Crippen LogP contribution >= 0.6 is 21.6 Å². The molecule has 3 nitrogen and oxygen atoms in total. The van der Waals surface area contributed by atoms with Gasteiger partial charge in [0.15, 0.2) is 0 Å². The maximum Gasteiger partial charge on any atom is 0.222 e. The number of hydrogen-bond donors (Lipinski definition) is 0. The SMILES string of the molecule is COc1cccc(CSSCc2ccc(C3COC(c4c(F)cccc4F)=N3)cc2)c1. The fourth-order valence-corrected chi connectivity index (χ4v) is 5.33. The van der Waals surface area contributed by atoms with Gasteiger partial charge in [-0.2, -0.15) is 0 Å². The molecule has 0 aliphatic carbocycles. The van der Waals surface area contributed by atoms with E-state index in [2.05, 4.69) is 23.2 Å². The van der Waals surface area contributed by atoms with E-state index in [1.165, 1.54) is 29.3 Å². The van der Waals surface area contributed by atoms with Crippen molar-refractivity contribution in [3.05, 3.63) is 101 Å². The van der Waals surface area contributed by atoms with Gasteiger partial charge in [0.25, 0.3) is 0 Å². The van der Waals surface area contributed by atoms with Gasteiger partial charge >= 0.3 is 0 Å². The van der Waals surface area contributed by atoms with E-state index in [0.717, 1.165) is 22.8 Å². The van der Waals surface area contributed by atoms with Gasteiger partial charge in [0.2, 0.25) is 5.90 Å². The standard InChI is InChI=1S/C24H21F2NO2S2/c1-28-19-5-2-4-17(12-19)15-31-30-14-16-8-10-18(11-9-16)22-13-29-24(27-22)23-20(25)6-3-7-21(23)26/h2-12,22H,13-15H2,1H3. The second-order valence-corrected chi connectivity index (χ2v) is 9.44. The van der Waals surface area contributed by atoms with Gasteiger partial charge in [-0.05, 0) is 41.0 Å². The largest absolute Gasteiger partial charge is 0.497 e. The molecular weight excluding hydrogens is 436 g/mol. The Labute approximate surface area is 188 Å². The van der Waals surface area contributed by atoms with Crippen LogP contribution in [0.15, 0.2) is 71.7 Å². The third kappa shape index (κ3) is 5.40. The zero-order valence-corrected chi connectivity index (χ0v) is 18.5. The molecule has 31 heavy (non-hydrogen) atoms. The molecule has 1 aliphatic heterocycles. The van der Waals surface area contributed by atoms with Crippen LogP contribution in [-0.2, 0) is 16.2 Å². The highest BCUT2D eigenvalue weighted by atomic mass is 33.1. The minimum absolute atomic E-state index is 0.0224. The Morgan fingerprint density at radius 3 is 2.32 bits per heavy atom. The van der Waals surface area contributed by atoms with E-state index in [0.29, 0.717) is 0 Å². The normalized spacial score (nSPS) is 15.5. The van der Waals surface area contributed by atoms with Crippen molar-refractivity contribution in [1.29, 1.82) is 0 Å². The lowest BCUT2D eigenvalue weighted by atomic mass is 10.1. The van der Waals surface area contributed by atoms with Crippen LogP contribution in [0.2, 0.25) is 0 Å². The molecule has 1 atom stereocenters. The number of benzene rings is 3. The Kier molecular flexibility index (Phi) is 7.14. The minimum Gasteiger partial charge on any atom is -0.497 e. The summed E-state index contributed by atoms with van der Waals surface area (Å²) in [6, 6.07) is 19.7. The highest BCUT2D eigenvalue weighted by Gasteiger charge is 2.26. The molecule has 7 heteroatoms. The Bertz CT molecular complexity index is 1050. The first kappa shape index (κ1) is 21.7. The molecule has 0 saturated carbocycles. The first-order valence-electron chi connectivity index (χ1n) is 9.75. The zero-order chi connectivity index (χ0) is 21.6. The first-order valence-corrected chi connectivity index (χ1v) is 12.2. The maximum atomic E-state index is 14.0. The molecule has 1 heterocycles. The summed E-state index contributed by atoms with van der Waals surface area (Å²) >= 11 is 0. The van der Waals surface area contributed by atoms with Gasteiger partial charge in [0.1, 0.15) is 35.6 Å². The molecule has 1 aliphatic rings. The van der Waals surface area contributed by atoms with Crippen molar-refractivity contribution in [2.24, 2.45) is 4.99 Å². The fourth-order valence-electron chi connectivity index (χ4n) is 3.20. The van der Waals surface area contributed by atoms with Gasteiger partial charge in [-0.3, -0.25) is 0 Å². The first-order chi connectivity index (χ1) is 15.1. The van der Waals surface area contributed by atoms with Crippen molar-refractivity contribution in [1.82, 2.24) is 0 Å². The van der Waals surface area contributed by atoms with Crippen molar-refractivity contribution >= 4 is 27.5 Å². The van der Waals surface area contributed by atoms with E-state index < -0.39 is 11.6 Å². The number of methoxy groups -OCH3 is 1. The lowest BCUT2D eigenvalue weighted by molar-refractivity contribution is 0.317. The summed E-state index contributed by atoms with van der Waals surface area (Å²) in [5, 5.41) is 0. The Hall–Kier alpha value is -2.51. The van der Waals surface area contributed by atoms with E-state index >= 15 is 0 Å². The maximum absolute atomic E-state index is 14.0. The number of ether oxygens (including phenoxy) is 2. The van der Waals surface area contributed by atoms with E-state index in [4.69, 9.17) is 9.47 Å². The predicted octanol–water partition coefficient (Wildman–Crippen LogP) is 6.57. The third-order valence-electron chi connectivity index (χ3n) is 4.86. The van der Waals surface area contributed by atoms with Crippen LogP contribution in [0.4, 0.5) is 8.78 Å². The van der Waals surface area contributed by atoms with Crippen LogP contribution in [-0.4, -0.2) is 19.6 Å². The molecule has 0 spiro atoms. The molecule has 0 N–H and O–H groups in total. The highest BCUT2D eigenvalue weighted by Crippen LogP contribution is 2.32. The van der Waals surface area contributed by atoms with Crippen molar-refractivity contribution in [3.8, 4) is 5.75 Å².